The van der Waals surface area contributed by atoms with Crippen LogP contribution in [0, 0.1) is 0 Å². The molecule has 0 saturated heterocycles. The van der Waals surface area contributed by atoms with Gasteiger partial charge < -0.3 is 9.73 Å². The Morgan fingerprint density at radius 3 is 2.86 bits per heavy atom. The Morgan fingerprint density at radius 1 is 1.24 bits per heavy atom. The Balaban J connectivity index is 1.56. The van der Waals surface area contributed by atoms with Gasteiger partial charge in [0.15, 0.2) is 16.8 Å². The molecule has 0 aliphatic rings. The molecule has 3 rings (SSSR count). The van der Waals surface area contributed by atoms with E-state index in [4.69, 9.17) is 4.42 Å². The lowest BCUT2D eigenvalue weighted by molar-refractivity contribution is -0.116. The number of benzene rings is 1. The van der Waals surface area contributed by atoms with Crippen LogP contribution in [0.5, 0.6) is 0 Å². The average Bonchev–Trinajstić information content (AvgIpc) is 3.17. The number of thiazole rings is 1. The minimum absolute atomic E-state index is 0.0931. The lowest BCUT2D eigenvalue weighted by Crippen LogP contribution is -2.12. The van der Waals surface area contributed by atoms with Crippen LogP contribution in [0.1, 0.15) is 12.3 Å². The van der Waals surface area contributed by atoms with Crippen LogP contribution >= 0.6 is 11.3 Å². The van der Waals surface area contributed by atoms with Crippen LogP contribution in [0.2, 0.25) is 0 Å². The summed E-state index contributed by atoms with van der Waals surface area (Å²) in [6.45, 7) is 0. The second-order valence-electron chi connectivity index (χ2n) is 4.37. The topological polar surface area (TPSA) is 68.0 Å². The van der Waals surface area contributed by atoms with Crippen LogP contribution in [0.25, 0.3) is 11.3 Å². The fraction of sp³-hybridized carbons (Fsp3) is 0.133. The highest BCUT2D eigenvalue weighted by Gasteiger charge is 2.09. The van der Waals surface area contributed by atoms with E-state index >= 15 is 0 Å². The Kier molecular flexibility index (Phi) is 4.07. The van der Waals surface area contributed by atoms with Crippen molar-refractivity contribution in [2.45, 2.75) is 12.8 Å². The van der Waals surface area contributed by atoms with Gasteiger partial charge in [0.2, 0.25) is 5.91 Å². The monoisotopic (exact) mass is 299 g/mol. The smallest absolute Gasteiger partial charge is 0.226 e. The van der Waals surface area contributed by atoms with Crippen molar-refractivity contribution >= 4 is 22.4 Å². The number of nitrogens with zero attached hydrogens (tertiary/aromatic N) is 2. The van der Waals surface area contributed by atoms with E-state index in [1.165, 1.54) is 11.3 Å². The minimum atomic E-state index is -0.0931. The molecule has 3 aromatic rings. The summed E-state index contributed by atoms with van der Waals surface area (Å²) in [7, 11) is 0. The summed E-state index contributed by atoms with van der Waals surface area (Å²) in [4.78, 5) is 20.0. The number of aromatic nitrogens is 2. The molecule has 0 bridgehead atoms. The van der Waals surface area contributed by atoms with E-state index in [0.29, 0.717) is 29.6 Å². The number of amides is 1. The van der Waals surface area contributed by atoms with Crippen molar-refractivity contribution in [3.05, 3.63) is 54.0 Å². The van der Waals surface area contributed by atoms with Gasteiger partial charge in [-0.1, -0.05) is 30.3 Å². The van der Waals surface area contributed by atoms with Crippen LogP contribution in [-0.2, 0) is 11.2 Å². The van der Waals surface area contributed by atoms with E-state index in [-0.39, 0.29) is 5.91 Å². The summed E-state index contributed by atoms with van der Waals surface area (Å²) in [6.07, 6.45) is 4.11. The van der Waals surface area contributed by atoms with E-state index in [1.54, 1.807) is 12.4 Å². The van der Waals surface area contributed by atoms with Crippen molar-refractivity contribution < 1.29 is 9.21 Å². The van der Waals surface area contributed by atoms with Gasteiger partial charge in [0.25, 0.3) is 0 Å². The van der Waals surface area contributed by atoms with Gasteiger partial charge in [-0.05, 0) is 0 Å². The summed E-state index contributed by atoms with van der Waals surface area (Å²) in [6, 6.07) is 9.75. The molecule has 1 amide bonds. The summed E-state index contributed by atoms with van der Waals surface area (Å²) in [5.74, 6) is 1.18. The third-order valence-corrected chi connectivity index (χ3v) is 3.55. The van der Waals surface area contributed by atoms with Gasteiger partial charge in [0.1, 0.15) is 0 Å². The molecular weight excluding hydrogens is 286 g/mol. The van der Waals surface area contributed by atoms with Gasteiger partial charge in [-0.2, -0.15) is 0 Å². The molecule has 0 fully saturated rings. The number of hydrogen-bond acceptors (Lipinski definition) is 5. The molecule has 5 nitrogen and oxygen atoms in total. The van der Waals surface area contributed by atoms with Crippen LogP contribution in [-0.4, -0.2) is 15.9 Å². The maximum absolute atomic E-state index is 11.7. The fourth-order valence-electron chi connectivity index (χ4n) is 1.85. The SMILES string of the molecule is O=C(CCc1ncc(-c2ccccc2)o1)Nc1nccs1. The fourth-order valence-corrected chi connectivity index (χ4v) is 2.39. The summed E-state index contributed by atoms with van der Waals surface area (Å²) in [5.41, 5.74) is 0.975. The largest absolute Gasteiger partial charge is 0.441 e. The Bertz CT molecular complexity index is 708. The van der Waals surface area contributed by atoms with Crippen molar-refractivity contribution in [3.8, 4) is 11.3 Å². The first-order chi connectivity index (χ1) is 10.3. The maximum atomic E-state index is 11.7. The molecule has 2 aromatic heterocycles. The maximum Gasteiger partial charge on any atom is 0.226 e. The van der Waals surface area contributed by atoms with Gasteiger partial charge >= 0.3 is 0 Å². The first-order valence-corrected chi connectivity index (χ1v) is 7.39. The molecule has 0 unspecified atom stereocenters. The van der Waals surface area contributed by atoms with Gasteiger partial charge in [-0.25, -0.2) is 9.97 Å². The van der Waals surface area contributed by atoms with Crippen LogP contribution in [0.15, 0.2) is 52.5 Å². The highest BCUT2D eigenvalue weighted by Crippen LogP contribution is 2.20. The third-order valence-electron chi connectivity index (χ3n) is 2.86. The Hall–Kier alpha value is -2.47. The van der Waals surface area contributed by atoms with Crippen LogP contribution in [0.3, 0.4) is 0 Å². The number of nitrogens with one attached hydrogen (secondary N) is 1. The zero-order valence-electron chi connectivity index (χ0n) is 11.2. The second-order valence-corrected chi connectivity index (χ2v) is 5.26. The number of carbonyl (C=O) groups is 1. The number of anilines is 1. The molecule has 21 heavy (non-hydrogen) atoms. The first-order valence-electron chi connectivity index (χ1n) is 6.51. The van der Waals surface area contributed by atoms with Crippen molar-refractivity contribution in [1.82, 2.24) is 9.97 Å². The Labute approximate surface area is 125 Å². The molecule has 1 N–H and O–H groups in total. The van der Waals surface area contributed by atoms with E-state index in [9.17, 15) is 4.79 Å². The van der Waals surface area contributed by atoms with Crippen molar-refractivity contribution in [2.24, 2.45) is 0 Å². The molecule has 106 valence electrons. The normalized spacial score (nSPS) is 10.5. The third kappa shape index (κ3) is 3.55. The number of oxazole rings is 1. The molecule has 0 saturated carbocycles. The summed E-state index contributed by atoms with van der Waals surface area (Å²) < 4.78 is 5.65. The van der Waals surface area contributed by atoms with Crippen molar-refractivity contribution in [2.75, 3.05) is 5.32 Å². The zero-order chi connectivity index (χ0) is 14.5. The highest BCUT2D eigenvalue weighted by atomic mass is 32.1. The summed E-state index contributed by atoms with van der Waals surface area (Å²) in [5, 5.41) is 5.15. The molecule has 0 atom stereocenters. The van der Waals surface area contributed by atoms with Gasteiger partial charge in [0.05, 0.1) is 6.20 Å². The Morgan fingerprint density at radius 2 is 2.10 bits per heavy atom. The number of hydrogen-bond donors (Lipinski definition) is 1. The standard InChI is InChI=1S/C15H13N3O2S/c19-13(18-15-16-8-9-21-15)6-7-14-17-10-12(20-14)11-4-2-1-3-5-11/h1-5,8-10H,6-7H2,(H,16,18,19). The molecule has 0 aliphatic carbocycles. The minimum Gasteiger partial charge on any atom is -0.441 e. The number of aryl methyl sites for hydroxylation is 1. The predicted molar refractivity (Wildman–Crippen MR) is 81.0 cm³/mol. The van der Waals surface area contributed by atoms with E-state index < -0.39 is 0 Å². The average molecular weight is 299 g/mol. The van der Waals surface area contributed by atoms with E-state index in [1.807, 2.05) is 35.7 Å². The van der Waals surface area contributed by atoms with Crippen molar-refractivity contribution in [1.29, 1.82) is 0 Å². The predicted octanol–water partition coefficient (Wildman–Crippen LogP) is 3.37. The number of rotatable bonds is 5. The zero-order valence-corrected chi connectivity index (χ0v) is 12.0. The van der Waals surface area contributed by atoms with Crippen molar-refractivity contribution in [3.63, 3.8) is 0 Å². The molecule has 6 heteroatoms. The highest BCUT2D eigenvalue weighted by molar-refractivity contribution is 7.13. The van der Waals surface area contributed by atoms with Gasteiger partial charge in [-0.3, -0.25) is 4.79 Å². The van der Waals surface area contributed by atoms with Crippen LogP contribution < -0.4 is 5.32 Å². The van der Waals surface area contributed by atoms with Gasteiger partial charge in [-0.15, -0.1) is 11.3 Å². The first kappa shape index (κ1) is 13.5. The summed E-state index contributed by atoms with van der Waals surface area (Å²) >= 11 is 1.39. The molecular formula is C15H13N3O2S. The quantitative estimate of drug-likeness (QED) is 0.784. The van der Waals surface area contributed by atoms with E-state index in [0.717, 1.165) is 5.56 Å². The lowest BCUT2D eigenvalue weighted by Gasteiger charge is -1.99. The lowest BCUT2D eigenvalue weighted by atomic mass is 10.2. The molecule has 0 spiro atoms. The number of carbonyl (C=O) groups excluding carboxylic acids is 1. The molecule has 0 aliphatic heterocycles. The van der Waals surface area contributed by atoms with E-state index in [2.05, 4.69) is 15.3 Å². The molecule has 1 aromatic carbocycles. The van der Waals surface area contributed by atoms with Gasteiger partial charge in [0, 0.05) is 30.0 Å². The molecule has 2 heterocycles. The molecule has 0 radical (unpaired) electrons. The van der Waals surface area contributed by atoms with Crippen LogP contribution in [0.4, 0.5) is 5.13 Å². The second kappa shape index (κ2) is 6.32.